The first-order chi connectivity index (χ1) is 12.8. The van der Waals surface area contributed by atoms with Gasteiger partial charge in [-0.25, -0.2) is 17.9 Å². The zero-order chi connectivity index (χ0) is 19.9. The Bertz CT molecular complexity index is 740. The maximum atomic E-state index is 12.2. The number of rotatable bonds is 8. The van der Waals surface area contributed by atoms with E-state index in [0.717, 1.165) is 25.7 Å². The van der Waals surface area contributed by atoms with E-state index < -0.39 is 16.0 Å². The van der Waals surface area contributed by atoms with Gasteiger partial charge in [-0.2, -0.15) is 0 Å². The lowest BCUT2D eigenvalue weighted by molar-refractivity contribution is -0.125. The summed E-state index contributed by atoms with van der Waals surface area (Å²) in [4.78, 5) is 24.0. The predicted molar refractivity (Wildman–Crippen MR) is 102 cm³/mol. The van der Waals surface area contributed by atoms with Gasteiger partial charge in [0.1, 0.15) is 0 Å². The minimum absolute atomic E-state index is 0.0781. The molecule has 0 radical (unpaired) electrons. The van der Waals surface area contributed by atoms with Gasteiger partial charge in [0.15, 0.2) is 6.61 Å². The SMILES string of the molecule is CC[C@H](C)NS(=O)(=O)c1ccc(C(=O)OCC(=O)NC2CCCCC2)cc1. The average Bonchev–Trinajstić information content (AvgIpc) is 2.66. The third-order valence-electron chi connectivity index (χ3n) is 4.67. The highest BCUT2D eigenvalue weighted by Crippen LogP contribution is 2.17. The molecular formula is C19H28N2O5S. The molecule has 2 N–H and O–H groups in total. The molecule has 2 rings (SSSR count). The molecule has 1 aliphatic carbocycles. The van der Waals surface area contributed by atoms with Crippen molar-refractivity contribution in [2.24, 2.45) is 0 Å². The molecule has 1 fully saturated rings. The molecule has 0 bridgehead atoms. The number of carbonyl (C=O) groups excluding carboxylic acids is 2. The fourth-order valence-electron chi connectivity index (χ4n) is 2.92. The van der Waals surface area contributed by atoms with E-state index in [2.05, 4.69) is 10.0 Å². The number of nitrogens with one attached hydrogen (secondary N) is 2. The van der Waals surface area contributed by atoms with E-state index in [1.54, 1.807) is 6.92 Å². The summed E-state index contributed by atoms with van der Waals surface area (Å²) in [7, 11) is -3.62. The van der Waals surface area contributed by atoms with Gasteiger partial charge in [0.25, 0.3) is 5.91 Å². The van der Waals surface area contributed by atoms with Crippen molar-refractivity contribution in [3.05, 3.63) is 29.8 Å². The number of hydrogen-bond acceptors (Lipinski definition) is 5. The Kier molecular flexibility index (Phi) is 7.79. The van der Waals surface area contributed by atoms with Crippen LogP contribution in [-0.4, -0.2) is 39.0 Å². The van der Waals surface area contributed by atoms with Crippen molar-refractivity contribution in [1.29, 1.82) is 0 Å². The van der Waals surface area contributed by atoms with Crippen molar-refractivity contribution < 1.29 is 22.7 Å². The third kappa shape index (κ3) is 6.62. The second-order valence-electron chi connectivity index (χ2n) is 6.93. The second-order valence-corrected chi connectivity index (χ2v) is 8.65. The minimum Gasteiger partial charge on any atom is -0.452 e. The van der Waals surface area contributed by atoms with Gasteiger partial charge >= 0.3 is 5.97 Å². The van der Waals surface area contributed by atoms with Gasteiger partial charge in [0.2, 0.25) is 10.0 Å². The zero-order valence-corrected chi connectivity index (χ0v) is 16.7. The summed E-state index contributed by atoms with van der Waals surface area (Å²) < 4.78 is 32.0. The zero-order valence-electron chi connectivity index (χ0n) is 15.9. The summed E-state index contributed by atoms with van der Waals surface area (Å²) in [6.45, 7) is 3.32. The van der Waals surface area contributed by atoms with E-state index in [1.165, 1.54) is 30.7 Å². The number of esters is 1. The molecule has 150 valence electrons. The normalized spacial score (nSPS) is 16.5. The van der Waals surface area contributed by atoms with E-state index in [-0.39, 0.29) is 35.1 Å². The van der Waals surface area contributed by atoms with Crippen LogP contribution in [0, 0.1) is 0 Å². The largest absolute Gasteiger partial charge is 0.452 e. The van der Waals surface area contributed by atoms with Crippen molar-refractivity contribution >= 4 is 21.9 Å². The Hall–Kier alpha value is -1.93. The van der Waals surface area contributed by atoms with Crippen LogP contribution in [0.3, 0.4) is 0 Å². The number of carbonyl (C=O) groups is 2. The Labute approximate surface area is 160 Å². The monoisotopic (exact) mass is 396 g/mol. The first-order valence-corrected chi connectivity index (χ1v) is 10.9. The van der Waals surface area contributed by atoms with Crippen molar-refractivity contribution in [2.75, 3.05) is 6.61 Å². The quantitative estimate of drug-likeness (QED) is 0.657. The molecule has 1 saturated carbocycles. The highest BCUT2D eigenvalue weighted by molar-refractivity contribution is 7.89. The lowest BCUT2D eigenvalue weighted by Crippen LogP contribution is -2.38. The number of sulfonamides is 1. The summed E-state index contributed by atoms with van der Waals surface area (Å²) in [6, 6.07) is 5.45. The van der Waals surface area contributed by atoms with Gasteiger partial charge in [0, 0.05) is 12.1 Å². The molecule has 0 aromatic heterocycles. The smallest absolute Gasteiger partial charge is 0.338 e. The number of amides is 1. The average molecular weight is 397 g/mol. The molecule has 0 saturated heterocycles. The van der Waals surface area contributed by atoms with Gasteiger partial charge in [-0.1, -0.05) is 26.2 Å². The molecular weight excluding hydrogens is 368 g/mol. The molecule has 7 nitrogen and oxygen atoms in total. The highest BCUT2D eigenvalue weighted by atomic mass is 32.2. The van der Waals surface area contributed by atoms with Crippen molar-refractivity contribution in [1.82, 2.24) is 10.0 Å². The Morgan fingerprint density at radius 3 is 2.37 bits per heavy atom. The number of hydrogen-bond donors (Lipinski definition) is 2. The standard InChI is InChI=1S/C19H28N2O5S/c1-3-14(2)21-27(24,25)17-11-9-15(10-12-17)19(23)26-13-18(22)20-16-7-5-4-6-8-16/h9-12,14,16,21H,3-8,13H2,1-2H3,(H,20,22)/t14-/m0/s1. The van der Waals surface area contributed by atoms with Crippen molar-refractivity contribution in [2.45, 2.75) is 69.4 Å². The summed E-state index contributed by atoms with van der Waals surface area (Å²) in [6.07, 6.45) is 5.99. The lowest BCUT2D eigenvalue weighted by Gasteiger charge is -2.22. The van der Waals surface area contributed by atoms with Crippen LogP contribution >= 0.6 is 0 Å². The van der Waals surface area contributed by atoms with Gasteiger partial charge in [-0.15, -0.1) is 0 Å². The molecule has 0 unspecified atom stereocenters. The highest BCUT2D eigenvalue weighted by Gasteiger charge is 2.19. The van der Waals surface area contributed by atoms with Crippen LogP contribution in [0.15, 0.2) is 29.2 Å². The number of ether oxygens (including phenoxy) is 1. The van der Waals surface area contributed by atoms with Gasteiger partial charge in [0.05, 0.1) is 10.5 Å². The van der Waals surface area contributed by atoms with Crippen molar-refractivity contribution in [3.8, 4) is 0 Å². The van der Waals surface area contributed by atoms with Crippen LogP contribution in [-0.2, 0) is 19.6 Å². The van der Waals surface area contributed by atoms with E-state index >= 15 is 0 Å². The number of benzene rings is 1. The summed E-state index contributed by atoms with van der Waals surface area (Å²) in [5.74, 6) is -0.972. The molecule has 1 aromatic carbocycles. The van der Waals surface area contributed by atoms with Gasteiger partial charge in [-0.3, -0.25) is 4.79 Å². The van der Waals surface area contributed by atoms with Gasteiger partial charge < -0.3 is 10.1 Å². The van der Waals surface area contributed by atoms with E-state index in [4.69, 9.17) is 4.74 Å². The lowest BCUT2D eigenvalue weighted by atomic mass is 9.95. The van der Waals surface area contributed by atoms with Crippen LogP contribution in [0.1, 0.15) is 62.7 Å². The summed E-state index contributed by atoms with van der Waals surface area (Å²) >= 11 is 0. The molecule has 8 heteroatoms. The first kappa shape index (κ1) is 21.4. The van der Waals surface area contributed by atoms with E-state index in [1.807, 2.05) is 6.92 Å². The molecule has 0 spiro atoms. The maximum absolute atomic E-state index is 12.2. The fourth-order valence-corrected chi connectivity index (χ4v) is 4.24. The fraction of sp³-hybridized carbons (Fsp3) is 0.579. The van der Waals surface area contributed by atoms with Crippen LogP contribution in [0.4, 0.5) is 0 Å². The van der Waals surface area contributed by atoms with Crippen LogP contribution in [0.2, 0.25) is 0 Å². The first-order valence-electron chi connectivity index (χ1n) is 9.40. The van der Waals surface area contributed by atoms with Crippen LogP contribution in [0.5, 0.6) is 0 Å². The Morgan fingerprint density at radius 2 is 1.78 bits per heavy atom. The van der Waals surface area contributed by atoms with Crippen LogP contribution in [0.25, 0.3) is 0 Å². The predicted octanol–water partition coefficient (Wildman–Crippen LogP) is 2.37. The molecule has 1 atom stereocenters. The molecule has 1 aromatic rings. The summed E-state index contributed by atoms with van der Waals surface area (Å²) in [5, 5.41) is 2.87. The Morgan fingerprint density at radius 1 is 1.15 bits per heavy atom. The van der Waals surface area contributed by atoms with Crippen LogP contribution < -0.4 is 10.0 Å². The molecule has 0 heterocycles. The molecule has 0 aliphatic heterocycles. The van der Waals surface area contributed by atoms with Crippen molar-refractivity contribution in [3.63, 3.8) is 0 Å². The molecule has 1 aliphatic rings. The Balaban J connectivity index is 1.86. The molecule has 1 amide bonds. The maximum Gasteiger partial charge on any atom is 0.338 e. The van der Waals surface area contributed by atoms with E-state index in [9.17, 15) is 18.0 Å². The topological polar surface area (TPSA) is 102 Å². The minimum atomic E-state index is -3.62. The third-order valence-corrected chi connectivity index (χ3v) is 6.28. The summed E-state index contributed by atoms with van der Waals surface area (Å²) in [5.41, 5.74) is 0.197. The molecule has 27 heavy (non-hydrogen) atoms. The van der Waals surface area contributed by atoms with E-state index in [0.29, 0.717) is 6.42 Å². The van der Waals surface area contributed by atoms with Gasteiger partial charge in [-0.05, 0) is 50.5 Å². The second kappa shape index (κ2) is 9.85.